The zero-order valence-corrected chi connectivity index (χ0v) is 17.1. The van der Waals surface area contributed by atoms with Gasteiger partial charge in [-0.3, -0.25) is 4.79 Å². The molecule has 0 saturated heterocycles. The number of para-hydroxylation sites is 1. The summed E-state index contributed by atoms with van der Waals surface area (Å²) in [5, 5.41) is 8.96. The molecule has 0 fully saturated rings. The predicted octanol–water partition coefficient (Wildman–Crippen LogP) is 5.63. The van der Waals surface area contributed by atoms with Crippen molar-refractivity contribution >= 4 is 67.8 Å². The SMILES string of the molecule is Cc1nn(-c2nc3ccccc3s2)c2c1[C@@H](c1sc(Cl)cc1Cl)CC(=O)N2. The van der Waals surface area contributed by atoms with Crippen LogP contribution in [0.15, 0.2) is 30.3 Å². The van der Waals surface area contributed by atoms with Gasteiger partial charge < -0.3 is 5.32 Å². The van der Waals surface area contributed by atoms with Gasteiger partial charge in [-0.2, -0.15) is 9.78 Å². The van der Waals surface area contributed by atoms with E-state index in [2.05, 4.69) is 15.4 Å². The Morgan fingerprint density at radius 1 is 1.26 bits per heavy atom. The van der Waals surface area contributed by atoms with Crippen LogP contribution in [0.1, 0.15) is 28.5 Å². The summed E-state index contributed by atoms with van der Waals surface area (Å²) in [5.74, 6) is 0.422. The first-order chi connectivity index (χ1) is 13.0. The molecule has 0 radical (unpaired) electrons. The van der Waals surface area contributed by atoms with Crippen LogP contribution in [0, 0.1) is 6.92 Å². The second-order valence-corrected chi connectivity index (χ2v) is 9.42. The first-order valence-corrected chi connectivity index (χ1v) is 10.6. The zero-order valence-electron chi connectivity index (χ0n) is 14.0. The minimum atomic E-state index is -0.165. The molecule has 3 aromatic heterocycles. The van der Waals surface area contributed by atoms with Crippen LogP contribution in [0.2, 0.25) is 9.36 Å². The number of anilines is 1. The van der Waals surface area contributed by atoms with E-state index in [1.165, 1.54) is 22.7 Å². The number of nitrogens with one attached hydrogen (secondary N) is 1. The van der Waals surface area contributed by atoms with Crippen LogP contribution in [0.5, 0.6) is 0 Å². The fourth-order valence-corrected chi connectivity index (χ4v) is 6.10. The quantitative estimate of drug-likeness (QED) is 0.444. The average Bonchev–Trinajstić information content (AvgIpc) is 3.29. The van der Waals surface area contributed by atoms with E-state index in [9.17, 15) is 4.79 Å². The second kappa shape index (κ2) is 6.31. The third-order valence-corrected chi connectivity index (χ3v) is 7.38. The first kappa shape index (κ1) is 17.2. The van der Waals surface area contributed by atoms with E-state index in [0.29, 0.717) is 21.6 Å². The Hall–Kier alpha value is -1.93. The summed E-state index contributed by atoms with van der Waals surface area (Å²) < 4.78 is 3.41. The number of thiazole rings is 1. The molecule has 5 nitrogen and oxygen atoms in total. The fourth-order valence-electron chi connectivity index (χ4n) is 3.45. The first-order valence-electron chi connectivity index (χ1n) is 8.21. The third-order valence-electron chi connectivity index (χ3n) is 4.57. The van der Waals surface area contributed by atoms with E-state index in [1.807, 2.05) is 31.2 Å². The van der Waals surface area contributed by atoms with Crippen LogP contribution in [0.25, 0.3) is 15.3 Å². The number of hydrogen-bond donors (Lipinski definition) is 1. The summed E-state index contributed by atoms with van der Waals surface area (Å²) in [4.78, 5) is 18.0. The van der Waals surface area contributed by atoms with Crippen molar-refractivity contribution < 1.29 is 4.79 Å². The minimum Gasteiger partial charge on any atom is -0.310 e. The van der Waals surface area contributed by atoms with E-state index in [0.717, 1.165) is 31.5 Å². The van der Waals surface area contributed by atoms with Crippen LogP contribution >= 0.6 is 45.9 Å². The molecule has 0 aliphatic carbocycles. The number of nitrogens with zero attached hydrogens (tertiary/aromatic N) is 3. The summed E-state index contributed by atoms with van der Waals surface area (Å²) in [5.41, 5.74) is 2.72. The van der Waals surface area contributed by atoms with Gasteiger partial charge >= 0.3 is 0 Å². The maximum absolute atomic E-state index is 12.5. The summed E-state index contributed by atoms with van der Waals surface area (Å²) in [6.07, 6.45) is 0.315. The molecule has 27 heavy (non-hydrogen) atoms. The topological polar surface area (TPSA) is 59.8 Å². The number of rotatable bonds is 2. The number of hydrogen-bond acceptors (Lipinski definition) is 5. The van der Waals surface area contributed by atoms with Gasteiger partial charge in [0.2, 0.25) is 11.0 Å². The van der Waals surface area contributed by atoms with Gasteiger partial charge in [0.05, 0.1) is 25.3 Å². The van der Waals surface area contributed by atoms with Crippen molar-refractivity contribution in [3.05, 3.63) is 55.8 Å². The molecular weight excluding hydrogens is 423 g/mol. The maximum Gasteiger partial charge on any atom is 0.226 e. The third kappa shape index (κ3) is 2.77. The van der Waals surface area contributed by atoms with Crippen LogP contribution in [-0.4, -0.2) is 20.7 Å². The number of fused-ring (bicyclic) bond motifs is 2. The summed E-state index contributed by atoms with van der Waals surface area (Å²) in [6.45, 7) is 1.94. The molecule has 136 valence electrons. The molecule has 1 aromatic carbocycles. The van der Waals surface area contributed by atoms with E-state index >= 15 is 0 Å². The van der Waals surface area contributed by atoms with Crippen LogP contribution < -0.4 is 5.32 Å². The number of aryl methyl sites for hydroxylation is 1. The molecule has 1 aliphatic rings. The van der Waals surface area contributed by atoms with Crippen LogP contribution in [0.3, 0.4) is 0 Å². The van der Waals surface area contributed by atoms with E-state index in [-0.39, 0.29) is 11.8 Å². The summed E-state index contributed by atoms with van der Waals surface area (Å²) in [6, 6.07) is 9.65. The molecule has 1 amide bonds. The fraction of sp³-hybridized carbons (Fsp3) is 0.167. The van der Waals surface area contributed by atoms with E-state index in [4.69, 9.17) is 23.2 Å². The Morgan fingerprint density at radius 3 is 2.81 bits per heavy atom. The van der Waals surface area contributed by atoms with Crippen molar-refractivity contribution in [1.29, 1.82) is 0 Å². The molecule has 0 spiro atoms. The zero-order chi connectivity index (χ0) is 18.7. The highest BCUT2D eigenvalue weighted by Crippen LogP contribution is 2.46. The van der Waals surface area contributed by atoms with Crippen LogP contribution in [-0.2, 0) is 4.79 Å². The van der Waals surface area contributed by atoms with Crippen molar-refractivity contribution in [1.82, 2.24) is 14.8 Å². The molecule has 1 aliphatic heterocycles. The van der Waals surface area contributed by atoms with Gasteiger partial charge in [-0.15, -0.1) is 11.3 Å². The van der Waals surface area contributed by atoms with Crippen molar-refractivity contribution in [3.8, 4) is 5.13 Å². The molecule has 1 atom stereocenters. The molecule has 0 bridgehead atoms. The van der Waals surface area contributed by atoms with Crippen molar-refractivity contribution in [2.75, 3.05) is 5.32 Å². The lowest BCUT2D eigenvalue weighted by atomic mass is 9.91. The molecule has 1 N–H and O–H groups in total. The molecule has 4 heterocycles. The van der Waals surface area contributed by atoms with Gasteiger partial charge in [-0.25, -0.2) is 4.98 Å². The molecule has 5 rings (SSSR count). The largest absolute Gasteiger partial charge is 0.310 e. The predicted molar refractivity (Wildman–Crippen MR) is 111 cm³/mol. The lowest BCUT2D eigenvalue weighted by Crippen LogP contribution is -2.24. The summed E-state index contributed by atoms with van der Waals surface area (Å²) >= 11 is 15.5. The van der Waals surface area contributed by atoms with Gasteiger partial charge in [-0.1, -0.05) is 46.7 Å². The van der Waals surface area contributed by atoms with Gasteiger partial charge in [-0.05, 0) is 25.1 Å². The lowest BCUT2D eigenvalue weighted by Gasteiger charge is -2.23. The Morgan fingerprint density at radius 2 is 2.07 bits per heavy atom. The smallest absolute Gasteiger partial charge is 0.226 e. The Bertz CT molecular complexity index is 1180. The number of carbonyl (C=O) groups excluding carboxylic acids is 1. The van der Waals surface area contributed by atoms with E-state index < -0.39 is 0 Å². The number of benzene rings is 1. The summed E-state index contributed by atoms with van der Waals surface area (Å²) in [7, 11) is 0. The van der Waals surface area contributed by atoms with Gasteiger partial charge in [0.25, 0.3) is 0 Å². The lowest BCUT2D eigenvalue weighted by molar-refractivity contribution is -0.116. The normalized spacial score (nSPS) is 16.6. The molecule has 0 unspecified atom stereocenters. The Balaban J connectivity index is 1.70. The van der Waals surface area contributed by atoms with Gasteiger partial charge in [0.15, 0.2) is 0 Å². The average molecular weight is 435 g/mol. The number of thiophene rings is 1. The number of carbonyl (C=O) groups is 1. The number of aromatic nitrogens is 3. The molecule has 4 aromatic rings. The molecule has 0 saturated carbocycles. The molecular formula is C18H12Cl2N4OS2. The highest BCUT2D eigenvalue weighted by Gasteiger charge is 2.35. The second-order valence-electron chi connectivity index (χ2n) is 6.29. The van der Waals surface area contributed by atoms with Crippen molar-refractivity contribution in [3.63, 3.8) is 0 Å². The Labute approximate surface area is 172 Å². The highest BCUT2D eigenvalue weighted by atomic mass is 35.5. The monoisotopic (exact) mass is 434 g/mol. The molecule has 9 heteroatoms. The minimum absolute atomic E-state index is 0.0737. The van der Waals surface area contributed by atoms with E-state index in [1.54, 1.807) is 10.7 Å². The van der Waals surface area contributed by atoms with Crippen molar-refractivity contribution in [2.45, 2.75) is 19.3 Å². The number of amides is 1. The number of halogens is 2. The van der Waals surface area contributed by atoms with Gasteiger partial charge in [0.1, 0.15) is 5.82 Å². The highest BCUT2D eigenvalue weighted by molar-refractivity contribution is 7.20. The van der Waals surface area contributed by atoms with Crippen LogP contribution in [0.4, 0.5) is 5.82 Å². The Kier molecular flexibility index (Phi) is 4.01. The standard InChI is InChI=1S/C18H12Cl2N4OS2/c1-8-15-9(16-10(19)7-13(20)27-16)6-14(25)22-17(15)24(23-8)18-21-11-4-2-3-5-12(11)26-18/h2-5,7,9H,6H2,1H3,(H,22,25)/t9-/m0/s1. The van der Waals surface area contributed by atoms with Gasteiger partial charge in [0, 0.05) is 22.8 Å². The van der Waals surface area contributed by atoms with Crippen molar-refractivity contribution in [2.24, 2.45) is 0 Å². The maximum atomic E-state index is 12.5.